The largest absolute Gasteiger partial charge is 0.477 e. The molecule has 0 amide bonds. The molecule has 0 aliphatic carbocycles. The molecule has 2 fully saturated rings. The summed E-state index contributed by atoms with van der Waals surface area (Å²) in [7, 11) is 0. The van der Waals surface area contributed by atoms with E-state index in [4.69, 9.17) is 9.47 Å². The lowest BCUT2D eigenvalue weighted by Gasteiger charge is -2.25. The molecule has 3 heterocycles. The highest BCUT2D eigenvalue weighted by Crippen LogP contribution is 2.20. The summed E-state index contributed by atoms with van der Waals surface area (Å²) < 4.78 is 10.9. The van der Waals surface area contributed by atoms with Crippen molar-refractivity contribution in [3.63, 3.8) is 0 Å². The van der Waals surface area contributed by atoms with Crippen LogP contribution in [0.2, 0.25) is 0 Å². The summed E-state index contributed by atoms with van der Waals surface area (Å²) in [6.07, 6.45) is 1.44. The highest BCUT2D eigenvalue weighted by molar-refractivity contribution is 5.86. The van der Waals surface area contributed by atoms with Crippen molar-refractivity contribution in [1.29, 1.82) is 0 Å². The van der Waals surface area contributed by atoms with Crippen molar-refractivity contribution in [3.8, 4) is 0 Å². The highest BCUT2D eigenvalue weighted by atomic mass is 16.5. The van der Waals surface area contributed by atoms with E-state index in [1.807, 2.05) is 0 Å². The van der Waals surface area contributed by atoms with E-state index in [0.29, 0.717) is 38.0 Å². The Morgan fingerprint density at radius 3 is 2.82 bits per heavy atom. The lowest BCUT2D eigenvalue weighted by atomic mass is 10.1. The first-order chi connectivity index (χ1) is 10.7. The van der Waals surface area contributed by atoms with E-state index >= 15 is 0 Å². The zero-order valence-corrected chi connectivity index (χ0v) is 12.2. The van der Waals surface area contributed by atoms with Gasteiger partial charge in [0.25, 0.3) is 0 Å². The number of anilines is 1. The van der Waals surface area contributed by atoms with E-state index in [9.17, 15) is 9.90 Å². The highest BCUT2D eigenvalue weighted by Gasteiger charge is 2.22. The van der Waals surface area contributed by atoms with Crippen LogP contribution in [-0.2, 0) is 9.47 Å². The van der Waals surface area contributed by atoms with Crippen LogP contribution in [0.3, 0.4) is 0 Å². The number of aromatic carboxylic acids is 1. The van der Waals surface area contributed by atoms with Gasteiger partial charge in [0.1, 0.15) is 11.9 Å². The minimum atomic E-state index is -1.07. The number of morpholine rings is 1. The predicted octanol–water partition coefficient (Wildman–Crippen LogP) is 0.427. The van der Waals surface area contributed by atoms with Gasteiger partial charge in [-0.1, -0.05) is 0 Å². The molecule has 0 saturated carbocycles. The molecule has 120 valence electrons. The van der Waals surface area contributed by atoms with Gasteiger partial charge in [0.15, 0.2) is 11.5 Å². The van der Waals surface area contributed by atoms with Gasteiger partial charge in [-0.25, -0.2) is 14.8 Å². The van der Waals surface area contributed by atoms with Crippen LogP contribution < -0.4 is 10.6 Å². The van der Waals surface area contributed by atoms with Crippen molar-refractivity contribution < 1.29 is 19.4 Å². The third kappa shape index (κ3) is 3.70. The maximum Gasteiger partial charge on any atom is 0.354 e. The van der Waals surface area contributed by atoms with E-state index in [2.05, 4.69) is 20.6 Å². The molecular formula is C14H20N4O4. The molecule has 0 aromatic carbocycles. The van der Waals surface area contributed by atoms with Gasteiger partial charge in [-0.05, 0) is 12.8 Å². The fourth-order valence-corrected chi connectivity index (χ4v) is 2.58. The zero-order chi connectivity index (χ0) is 15.4. The predicted molar refractivity (Wildman–Crippen MR) is 78.0 cm³/mol. The number of carbonyl (C=O) groups is 1. The molecule has 1 atom stereocenters. The van der Waals surface area contributed by atoms with Crippen LogP contribution in [0.25, 0.3) is 0 Å². The lowest BCUT2D eigenvalue weighted by molar-refractivity contribution is 0.0219. The smallest absolute Gasteiger partial charge is 0.354 e. The molecular weight excluding hydrogens is 288 g/mol. The monoisotopic (exact) mass is 308 g/mol. The molecule has 3 rings (SSSR count). The Bertz CT molecular complexity index is 528. The Balaban J connectivity index is 1.81. The molecule has 1 aromatic heterocycles. The molecule has 3 N–H and O–H groups in total. The van der Waals surface area contributed by atoms with E-state index in [1.54, 1.807) is 0 Å². The summed E-state index contributed by atoms with van der Waals surface area (Å²) in [5.74, 6) is -0.132. The number of rotatable bonds is 4. The van der Waals surface area contributed by atoms with Crippen molar-refractivity contribution >= 4 is 11.8 Å². The molecule has 1 unspecified atom stereocenters. The third-order valence-corrected chi connectivity index (χ3v) is 3.75. The van der Waals surface area contributed by atoms with Gasteiger partial charge in [-0.3, -0.25) is 0 Å². The van der Waals surface area contributed by atoms with Gasteiger partial charge < -0.3 is 25.2 Å². The molecule has 22 heavy (non-hydrogen) atoms. The van der Waals surface area contributed by atoms with E-state index in [1.165, 1.54) is 6.07 Å². The third-order valence-electron chi connectivity index (χ3n) is 3.75. The van der Waals surface area contributed by atoms with Crippen molar-refractivity contribution in [1.82, 2.24) is 15.3 Å². The van der Waals surface area contributed by atoms with Crippen LogP contribution in [0.15, 0.2) is 6.07 Å². The number of hydrogen-bond acceptors (Lipinski definition) is 7. The second-order valence-corrected chi connectivity index (χ2v) is 5.40. The Morgan fingerprint density at radius 1 is 1.32 bits per heavy atom. The van der Waals surface area contributed by atoms with Gasteiger partial charge in [0.05, 0.1) is 6.61 Å². The molecule has 8 heteroatoms. The lowest BCUT2D eigenvalue weighted by Crippen LogP contribution is -2.35. The minimum absolute atomic E-state index is 0.0197. The van der Waals surface area contributed by atoms with Gasteiger partial charge in [0, 0.05) is 38.4 Å². The molecule has 2 aliphatic rings. The average molecular weight is 308 g/mol. The normalized spacial score (nSPS) is 23.2. The fourth-order valence-electron chi connectivity index (χ4n) is 2.58. The number of carboxylic acids is 1. The molecule has 0 bridgehead atoms. The van der Waals surface area contributed by atoms with E-state index in [0.717, 1.165) is 19.4 Å². The Kier molecular flexibility index (Phi) is 4.81. The van der Waals surface area contributed by atoms with Crippen LogP contribution in [0.5, 0.6) is 0 Å². The van der Waals surface area contributed by atoms with Crippen LogP contribution in [0, 0.1) is 0 Å². The Morgan fingerprint density at radius 2 is 2.14 bits per heavy atom. The maximum absolute atomic E-state index is 11.3. The van der Waals surface area contributed by atoms with Crippen molar-refractivity contribution in [2.24, 2.45) is 0 Å². The average Bonchev–Trinajstić information content (AvgIpc) is 2.56. The topological polar surface area (TPSA) is 106 Å². The molecule has 2 saturated heterocycles. The van der Waals surface area contributed by atoms with E-state index < -0.39 is 5.97 Å². The summed E-state index contributed by atoms with van der Waals surface area (Å²) in [5.41, 5.74) is -0.0197. The Labute approximate surface area is 128 Å². The van der Waals surface area contributed by atoms with Gasteiger partial charge in [0.2, 0.25) is 0 Å². The molecule has 0 radical (unpaired) electrons. The van der Waals surface area contributed by atoms with Crippen molar-refractivity contribution in [2.75, 3.05) is 38.2 Å². The summed E-state index contributed by atoms with van der Waals surface area (Å²) >= 11 is 0. The molecule has 8 nitrogen and oxygen atoms in total. The van der Waals surface area contributed by atoms with Gasteiger partial charge >= 0.3 is 5.97 Å². The second kappa shape index (κ2) is 6.99. The molecule has 1 aromatic rings. The summed E-state index contributed by atoms with van der Waals surface area (Å²) in [6, 6.07) is 1.71. The number of aromatic nitrogens is 2. The van der Waals surface area contributed by atoms with Gasteiger partial charge in [-0.2, -0.15) is 0 Å². The minimum Gasteiger partial charge on any atom is -0.477 e. The Hall–Kier alpha value is -1.77. The van der Waals surface area contributed by atoms with Crippen molar-refractivity contribution in [3.05, 3.63) is 17.6 Å². The van der Waals surface area contributed by atoms with Crippen LogP contribution in [0.4, 0.5) is 5.82 Å². The summed E-state index contributed by atoms with van der Waals surface area (Å²) in [5, 5.41) is 15.7. The number of nitrogens with zero attached hydrogens (tertiary/aromatic N) is 2. The van der Waals surface area contributed by atoms with Crippen LogP contribution in [-0.4, -0.2) is 60.0 Å². The first-order valence-electron chi connectivity index (χ1n) is 7.51. The summed E-state index contributed by atoms with van der Waals surface area (Å²) in [4.78, 5) is 19.8. The second-order valence-electron chi connectivity index (χ2n) is 5.40. The SMILES string of the molecule is O=C(O)c1cc(NC2CCOCC2)nc(C2CNCCO2)n1. The number of hydrogen-bond donors (Lipinski definition) is 3. The van der Waals surface area contributed by atoms with Crippen molar-refractivity contribution in [2.45, 2.75) is 25.0 Å². The molecule has 2 aliphatic heterocycles. The first-order valence-corrected chi connectivity index (χ1v) is 7.51. The fraction of sp³-hybridized carbons (Fsp3) is 0.643. The maximum atomic E-state index is 11.3. The number of nitrogens with one attached hydrogen (secondary N) is 2. The number of carboxylic acid groups (broad SMARTS) is 1. The summed E-state index contributed by atoms with van der Waals surface area (Å²) in [6.45, 7) is 3.34. The quantitative estimate of drug-likeness (QED) is 0.735. The zero-order valence-electron chi connectivity index (χ0n) is 12.2. The van der Waals surface area contributed by atoms with E-state index in [-0.39, 0.29) is 17.8 Å². The molecule has 0 spiro atoms. The standard InChI is InChI=1S/C14H20N4O4/c19-14(20)10-7-12(16-9-1-4-21-5-2-9)18-13(17-10)11-8-15-3-6-22-11/h7,9,11,15H,1-6,8H2,(H,19,20)(H,16,17,18). The van der Waals surface area contributed by atoms with Crippen LogP contribution in [0.1, 0.15) is 35.3 Å². The van der Waals surface area contributed by atoms with Crippen LogP contribution >= 0.6 is 0 Å². The van der Waals surface area contributed by atoms with Gasteiger partial charge in [-0.15, -0.1) is 0 Å². The first kappa shape index (κ1) is 15.1. The number of ether oxygens (including phenoxy) is 2.